The maximum absolute atomic E-state index is 13.4. The second-order valence-corrected chi connectivity index (χ2v) is 3.75. The summed E-state index contributed by atoms with van der Waals surface area (Å²) in [6, 6.07) is 4.82. The van der Waals surface area contributed by atoms with Gasteiger partial charge in [0.25, 0.3) is 0 Å². The molecule has 0 atom stereocenters. The van der Waals surface area contributed by atoms with Crippen molar-refractivity contribution in [1.29, 1.82) is 0 Å². The number of pyridine rings is 1. The van der Waals surface area contributed by atoms with E-state index in [1.54, 1.807) is 18.5 Å². The van der Waals surface area contributed by atoms with Crippen LogP contribution in [0.1, 0.15) is 5.69 Å². The Kier molecular flexibility index (Phi) is 2.60. The number of anilines is 1. The fourth-order valence-electron chi connectivity index (χ4n) is 1.73. The highest BCUT2D eigenvalue weighted by Crippen LogP contribution is 2.18. The zero-order chi connectivity index (χ0) is 12.4. The van der Waals surface area contributed by atoms with Gasteiger partial charge in [-0.3, -0.25) is 4.98 Å². The molecule has 90 valence electrons. The second-order valence-electron chi connectivity index (χ2n) is 3.75. The van der Waals surface area contributed by atoms with Crippen LogP contribution in [0.15, 0.2) is 36.9 Å². The maximum Gasteiger partial charge on any atom is 0.146 e. The van der Waals surface area contributed by atoms with Crippen LogP contribution in [0.5, 0.6) is 0 Å². The van der Waals surface area contributed by atoms with Crippen molar-refractivity contribution in [2.24, 2.45) is 0 Å². The van der Waals surface area contributed by atoms with Crippen LogP contribution in [0.25, 0.3) is 11.0 Å². The molecule has 6 heteroatoms. The molecule has 18 heavy (non-hydrogen) atoms. The van der Waals surface area contributed by atoms with Gasteiger partial charge >= 0.3 is 0 Å². The van der Waals surface area contributed by atoms with Crippen molar-refractivity contribution in [2.45, 2.75) is 6.54 Å². The van der Waals surface area contributed by atoms with E-state index in [9.17, 15) is 4.39 Å². The predicted molar refractivity (Wildman–Crippen MR) is 65.4 cm³/mol. The summed E-state index contributed by atoms with van der Waals surface area (Å²) in [6.45, 7) is 0.282. The molecule has 2 N–H and O–H groups in total. The summed E-state index contributed by atoms with van der Waals surface area (Å²) in [4.78, 5) is 15.2. The van der Waals surface area contributed by atoms with E-state index in [2.05, 4.69) is 25.3 Å². The number of fused-ring (bicyclic) bond motifs is 1. The first kappa shape index (κ1) is 10.6. The number of nitrogens with one attached hydrogen (secondary N) is 2. The third-order valence-electron chi connectivity index (χ3n) is 2.61. The van der Waals surface area contributed by atoms with E-state index in [4.69, 9.17) is 0 Å². The minimum Gasteiger partial charge on any atom is -0.364 e. The summed E-state index contributed by atoms with van der Waals surface area (Å²) in [5, 5.41) is 3.93. The van der Waals surface area contributed by atoms with Gasteiger partial charge in [-0.15, -0.1) is 0 Å². The van der Waals surface area contributed by atoms with E-state index in [1.807, 2.05) is 6.07 Å². The molecular formula is C12H10FN5. The molecule has 0 aliphatic rings. The molecular weight excluding hydrogens is 233 g/mol. The van der Waals surface area contributed by atoms with Crippen LogP contribution in [0, 0.1) is 5.82 Å². The smallest absolute Gasteiger partial charge is 0.146 e. The van der Waals surface area contributed by atoms with Crippen molar-refractivity contribution in [1.82, 2.24) is 19.9 Å². The number of aromatic amines is 1. The average molecular weight is 243 g/mol. The van der Waals surface area contributed by atoms with Crippen molar-refractivity contribution < 1.29 is 4.39 Å². The van der Waals surface area contributed by atoms with Crippen LogP contribution in [-0.2, 0) is 6.54 Å². The Morgan fingerprint density at radius 3 is 3.06 bits per heavy atom. The lowest BCUT2D eigenvalue weighted by molar-refractivity contribution is 0.602. The van der Waals surface area contributed by atoms with Crippen LogP contribution in [-0.4, -0.2) is 19.9 Å². The Balaban J connectivity index is 1.85. The van der Waals surface area contributed by atoms with Gasteiger partial charge in [0.15, 0.2) is 0 Å². The molecule has 0 unspecified atom stereocenters. The van der Waals surface area contributed by atoms with Gasteiger partial charge in [0.2, 0.25) is 0 Å². The monoisotopic (exact) mass is 243 g/mol. The Bertz CT molecular complexity index is 679. The highest BCUT2D eigenvalue weighted by atomic mass is 19.1. The van der Waals surface area contributed by atoms with Gasteiger partial charge in [-0.25, -0.2) is 14.4 Å². The van der Waals surface area contributed by atoms with Gasteiger partial charge in [0, 0.05) is 12.4 Å². The van der Waals surface area contributed by atoms with E-state index in [0.29, 0.717) is 11.5 Å². The first-order valence-corrected chi connectivity index (χ1v) is 5.46. The molecule has 0 saturated heterocycles. The summed E-state index contributed by atoms with van der Waals surface area (Å²) in [6.07, 6.45) is 4.80. The molecule has 3 aromatic rings. The van der Waals surface area contributed by atoms with E-state index in [0.717, 1.165) is 11.0 Å². The molecule has 3 rings (SSSR count). The number of nitrogens with zero attached hydrogens (tertiary/aromatic N) is 3. The summed E-state index contributed by atoms with van der Waals surface area (Å²) in [7, 11) is 0. The minimum atomic E-state index is -0.329. The first-order chi connectivity index (χ1) is 8.84. The second kappa shape index (κ2) is 4.40. The Morgan fingerprint density at radius 1 is 1.22 bits per heavy atom. The van der Waals surface area contributed by atoms with Crippen LogP contribution in [0.2, 0.25) is 0 Å². The molecule has 0 aromatic carbocycles. The third-order valence-corrected chi connectivity index (χ3v) is 2.61. The summed E-state index contributed by atoms with van der Waals surface area (Å²) in [5.74, 6) is 0.329. The van der Waals surface area contributed by atoms with E-state index >= 15 is 0 Å². The topological polar surface area (TPSA) is 66.5 Å². The van der Waals surface area contributed by atoms with Crippen LogP contribution < -0.4 is 5.32 Å². The first-order valence-electron chi connectivity index (χ1n) is 5.46. The van der Waals surface area contributed by atoms with Crippen molar-refractivity contribution in [2.75, 3.05) is 5.32 Å². The van der Waals surface area contributed by atoms with Gasteiger partial charge in [0.05, 0.1) is 17.6 Å². The maximum atomic E-state index is 13.4. The zero-order valence-electron chi connectivity index (χ0n) is 9.39. The number of hydrogen-bond donors (Lipinski definition) is 2. The highest BCUT2D eigenvalue weighted by Gasteiger charge is 2.06. The van der Waals surface area contributed by atoms with Crippen LogP contribution in [0.3, 0.4) is 0 Å². The van der Waals surface area contributed by atoms with Gasteiger partial charge in [-0.05, 0) is 18.2 Å². The predicted octanol–water partition coefficient (Wildman–Crippen LogP) is 2.10. The molecule has 3 aromatic heterocycles. The molecule has 3 heterocycles. The fourth-order valence-corrected chi connectivity index (χ4v) is 1.73. The van der Waals surface area contributed by atoms with Gasteiger partial charge in [-0.1, -0.05) is 0 Å². The number of rotatable bonds is 3. The lowest BCUT2D eigenvalue weighted by atomic mass is 10.3. The van der Waals surface area contributed by atoms with Gasteiger partial charge in [0.1, 0.15) is 23.6 Å². The number of H-pyrrole nitrogens is 1. The minimum absolute atomic E-state index is 0.282. The largest absolute Gasteiger partial charge is 0.364 e. The summed E-state index contributed by atoms with van der Waals surface area (Å²) >= 11 is 0. The van der Waals surface area contributed by atoms with Crippen molar-refractivity contribution in [3.05, 3.63) is 48.4 Å². The molecule has 0 aliphatic heterocycles. The fraction of sp³-hybridized carbons (Fsp3) is 0.0833. The van der Waals surface area contributed by atoms with E-state index < -0.39 is 0 Å². The molecule has 0 bridgehead atoms. The Hall–Kier alpha value is -2.50. The van der Waals surface area contributed by atoms with Crippen LogP contribution in [0.4, 0.5) is 10.2 Å². The van der Waals surface area contributed by atoms with E-state index in [1.165, 1.54) is 12.4 Å². The standard InChI is InChI=1S/C12H10FN5/c13-9-2-1-4-14-10(9)6-16-12-8-3-5-15-11(8)17-7-18-12/h1-5,7H,6H2,(H2,15,16,17,18). The lowest BCUT2D eigenvalue weighted by Crippen LogP contribution is -2.05. The third kappa shape index (κ3) is 1.88. The Morgan fingerprint density at radius 2 is 2.17 bits per heavy atom. The molecule has 0 amide bonds. The van der Waals surface area contributed by atoms with E-state index in [-0.39, 0.29) is 12.4 Å². The average Bonchev–Trinajstić information content (AvgIpc) is 2.86. The molecule has 0 aliphatic carbocycles. The van der Waals surface area contributed by atoms with Crippen molar-refractivity contribution >= 4 is 16.9 Å². The number of halogens is 1. The van der Waals surface area contributed by atoms with Gasteiger partial charge in [-0.2, -0.15) is 0 Å². The van der Waals surface area contributed by atoms with Gasteiger partial charge < -0.3 is 10.3 Å². The molecule has 0 radical (unpaired) electrons. The normalized spacial score (nSPS) is 10.7. The van der Waals surface area contributed by atoms with Crippen molar-refractivity contribution in [3.63, 3.8) is 0 Å². The lowest BCUT2D eigenvalue weighted by Gasteiger charge is -2.06. The summed E-state index contributed by atoms with van der Waals surface area (Å²) in [5.41, 5.74) is 1.11. The molecule has 0 saturated carbocycles. The molecule has 0 spiro atoms. The molecule has 0 fully saturated rings. The number of hydrogen-bond acceptors (Lipinski definition) is 4. The Labute approximate surface area is 102 Å². The highest BCUT2D eigenvalue weighted by molar-refractivity contribution is 5.86. The number of aromatic nitrogens is 4. The van der Waals surface area contributed by atoms with Crippen molar-refractivity contribution in [3.8, 4) is 0 Å². The quantitative estimate of drug-likeness (QED) is 0.739. The zero-order valence-corrected chi connectivity index (χ0v) is 9.39. The summed E-state index contributed by atoms with van der Waals surface area (Å²) < 4.78 is 13.4. The molecule has 5 nitrogen and oxygen atoms in total. The SMILES string of the molecule is Fc1cccnc1CNc1ncnc2[nH]ccc12. The van der Waals surface area contributed by atoms with Crippen LogP contribution >= 0.6 is 0 Å².